The Labute approximate surface area is 168 Å². The van der Waals surface area contributed by atoms with Crippen LogP contribution in [0.25, 0.3) is 11.1 Å². The molecule has 3 rings (SSSR count). The molecule has 4 N–H and O–H groups in total. The highest BCUT2D eigenvalue weighted by Gasteiger charge is 2.16. The molecule has 1 aliphatic heterocycles. The van der Waals surface area contributed by atoms with Crippen molar-refractivity contribution in [1.29, 1.82) is 0 Å². The van der Waals surface area contributed by atoms with Crippen LogP contribution in [-0.2, 0) is 0 Å². The maximum atomic E-state index is 11.8. The Kier molecular flexibility index (Phi) is 5.67. The first-order chi connectivity index (χ1) is 12.0. The Bertz CT molecular complexity index is 835. The number of hydrogen-bond donors (Lipinski definition) is 4. The first kappa shape index (κ1) is 18.2. The molecule has 0 aliphatic carbocycles. The number of nitrogens with zero attached hydrogens (tertiary/aromatic N) is 1. The van der Waals surface area contributed by atoms with Gasteiger partial charge in [0, 0.05) is 23.9 Å². The van der Waals surface area contributed by atoms with E-state index < -0.39 is 0 Å². The molecule has 130 valence electrons. The normalized spacial score (nSPS) is 16.2. The number of benzene rings is 2. The molecule has 1 aliphatic rings. The highest BCUT2D eigenvalue weighted by molar-refractivity contribution is 14.1. The summed E-state index contributed by atoms with van der Waals surface area (Å²) in [6.45, 7) is 0. The molecule has 2 aromatic carbocycles. The summed E-state index contributed by atoms with van der Waals surface area (Å²) in [5.74, 6) is 0.416. The molecule has 9 heteroatoms. The molecule has 6 nitrogen and oxygen atoms in total. The second-order valence-corrected chi connectivity index (χ2v) is 7.18. The molecule has 1 amide bonds. The smallest absolute Gasteiger partial charge is 0.251 e. The molecule has 1 atom stereocenters. The van der Waals surface area contributed by atoms with Gasteiger partial charge in [-0.3, -0.25) is 10.2 Å². The minimum atomic E-state index is -0.168. The quantitative estimate of drug-likeness (QED) is 0.302. The van der Waals surface area contributed by atoms with Crippen LogP contribution in [-0.4, -0.2) is 23.1 Å². The fourth-order valence-electron chi connectivity index (χ4n) is 2.39. The predicted octanol–water partition coefficient (Wildman–Crippen LogP) is 3.61. The summed E-state index contributed by atoms with van der Waals surface area (Å²) in [7, 11) is 1.59. The van der Waals surface area contributed by atoms with E-state index in [1.165, 1.54) is 0 Å². The second kappa shape index (κ2) is 7.77. The molecule has 0 aromatic heterocycles. The standard InChI is InChI=1S/C16H14Cl2IN5O/c1-20-14(25)9-4-2-3-8(5-9)13-11(17)6-10(7-12(13)18)21-16-22-15(19)23-24-16/h2-7,15,23H,1H3,(H,20,25)(H2,21,22,24). The lowest BCUT2D eigenvalue weighted by atomic mass is 10.0. The summed E-state index contributed by atoms with van der Waals surface area (Å²) in [4.78, 5) is 16.1. The van der Waals surface area contributed by atoms with Gasteiger partial charge in [-0.05, 0) is 52.4 Å². The highest BCUT2D eigenvalue weighted by atomic mass is 127. The van der Waals surface area contributed by atoms with Crippen LogP contribution >= 0.6 is 45.8 Å². The van der Waals surface area contributed by atoms with E-state index in [-0.39, 0.29) is 10.1 Å². The molecule has 0 radical (unpaired) electrons. The van der Waals surface area contributed by atoms with Crippen LogP contribution in [0.5, 0.6) is 0 Å². The van der Waals surface area contributed by atoms with E-state index in [2.05, 4.69) is 49.1 Å². The Morgan fingerprint density at radius 1 is 1.24 bits per heavy atom. The van der Waals surface area contributed by atoms with Gasteiger partial charge >= 0.3 is 0 Å². The van der Waals surface area contributed by atoms with Crippen LogP contribution < -0.4 is 21.5 Å². The fourth-order valence-corrected chi connectivity index (χ4v) is 3.53. The molecular formula is C16H14Cl2IN5O. The lowest BCUT2D eigenvalue weighted by molar-refractivity contribution is 0.0963. The van der Waals surface area contributed by atoms with Crippen LogP contribution in [0, 0.1) is 0 Å². The van der Waals surface area contributed by atoms with Crippen LogP contribution in [0.3, 0.4) is 0 Å². The zero-order valence-corrected chi connectivity index (χ0v) is 16.7. The number of hydrazine groups is 1. The van der Waals surface area contributed by atoms with E-state index >= 15 is 0 Å². The van der Waals surface area contributed by atoms with Gasteiger partial charge in [-0.15, -0.1) is 0 Å². The molecule has 1 heterocycles. The molecule has 0 bridgehead atoms. The Morgan fingerprint density at radius 3 is 2.56 bits per heavy atom. The summed E-state index contributed by atoms with van der Waals surface area (Å²) in [6, 6.07) is 10.7. The second-order valence-electron chi connectivity index (χ2n) is 5.18. The molecule has 2 aromatic rings. The third-order valence-electron chi connectivity index (χ3n) is 3.50. The lowest BCUT2D eigenvalue weighted by Crippen LogP contribution is -2.36. The topological polar surface area (TPSA) is 77.5 Å². The minimum absolute atomic E-state index is 0.0437. The van der Waals surface area contributed by atoms with Crippen molar-refractivity contribution in [3.05, 3.63) is 52.0 Å². The van der Waals surface area contributed by atoms with Gasteiger partial charge in [0.05, 0.1) is 10.0 Å². The Morgan fingerprint density at radius 2 is 1.96 bits per heavy atom. The third-order valence-corrected chi connectivity index (χ3v) is 4.68. The molecule has 0 fully saturated rings. The zero-order valence-electron chi connectivity index (χ0n) is 13.0. The number of aliphatic imine (C=N–C) groups is 1. The van der Waals surface area contributed by atoms with Gasteiger partial charge in [0.15, 0.2) is 4.17 Å². The van der Waals surface area contributed by atoms with Crippen molar-refractivity contribution in [3.8, 4) is 11.1 Å². The maximum Gasteiger partial charge on any atom is 0.251 e. The van der Waals surface area contributed by atoms with Crippen LogP contribution in [0.15, 0.2) is 41.4 Å². The van der Waals surface area contributed by atoms with E-state index in [4.69, 9.17) is 23.2 Å². The first-order valence-electron chi connectivity index (χ1n) is 7.30. The van der Waals surface area contributed by atoms with Gasteiger partial charge in [-0.1, -0.05) is 35.3 Å². The SMILES string of the molecule is CNC(=O)c1cccc(-c2c(Cl)cc(NC3=NC(I)NN3)cc2Cl)c1. The van der Waals surface area contributed by atoms with Crippen molar-refractivity contribution in [1.82, 2.24) is 16.2 Å². The van der Waals surface area contributed by atoms with Crippen molar-refractivity contribution in [3.63, 3.8) is 0 Å². The average Bonchev–Trinajstić information content (AvgIpc) is 2.98. The summed E-state index contributed by atoms with van der Waals surface area (Å²) in [5.41, 5.74) is 8.55. The van der Waals surface area contributed by atoms with Crippen LogP contribution in [0.4, 0.5) is 5.69 Å². The first-order valence-corrected chi connectivity index (χ1v) is 9.30. The summed E-state index contributed by atoms with van der Waals surface area (Å²) < 4.78 is -0.0437. The molecule has 25 heavy (non-hydrogen) atoms. The molecule has 0 spiro atoms. The van der Waals surface area contributed by atoms with E-state index in [9.17, 15) is 4.79 Å². The van der Waals surface area contributed by atoms with Crippen molar-refractivity contribution in [2.45, 2.75) is 4.17 Å². The zero-order chi connectivity index (χ0) is 18.0. The number of halogens is 3. The van der Waals surface area contributed by atoms with Gasteiger partial charge in [0.25, 0.3) is 5.91 Å². The predicted molar refractivity (Wildman–Crippen MR) is 110 cm³/mol. The van der Waals surface area contributed by atoms with Gasteiger partial charge in [0.1, 0.15) is 0 Å². The van der Waals surface area contributed by atoms with E-state index in [0.29, 0.717) is 32.8 Å². The average molecular weight is 490 g/mol. The Balaban J connectivity index is 1.93. The number of rotatable bonds is 3. The maximum absolute atomic E-state index is 11.8. The van der Waals surface area contributed by atoms with Gasteiger partial charge < -0.3 is 10.6 Å². The van der Waals surface area contributed by atoms with Gasteiger partial charge in [-0.2, -0.15) is 0 Å². The van der Waals surface area contributed by atoms with Gasteiger partial charge in [-0.25, -0.2) is 10.4 Å². The third kappa shape index (κ3) is 4.17. The number of alkyl halides is 1. The summed E-state index contributed by atoms with van der Waals surface area (Å²) >= 11 is 15.0. The van der Waals surface area contributed by atoms with Crippen molar-refractivity contribution < 1.29 is 4.79 Å². The monoisotopic (exact) mass is 489 g/mol. The lowest BCUT2D eigenvalue weighted by Gasteiger charge is -2.13. The minimum Gasteiger partial charge on any atom is -0.355 e. The largest absolute Gasteiger partial charge is 0.355 e. The fraction of sp³-hybridized carbons (Fsp3) is 0.125. The van der Waals surface area contributed by atoms with E-state index in [1.54, 1.807) is 37.4 Å². The van der Waals surface area contributed by atoms with Crippen molar-refractivity contribution >= 4 is 63.3 Å². The van der Waals surface area contributed by atoms with Gasteiger partial charge in [0.2, 0.25) is 5.96 Å². The van der Waals surface area contributed by atoms with Crippen molar-refractivity contribution in [2.75, 3.05) is 12.4 Å². The number of carbonyl (C=O) groups is 1. The number of carbonyl (C=O) groups excluding carboxylic acids is 1. The summed E-state index contributed by atoms with van der Waals surface area (Å²) in [6.07, 6.45) is 0. The molecular weight excluding hydrogens is 476 g/mol. The van der Waals surface area contributed by atoms with Crippen LogP contribution in [0.1, 0.15) is 10.4 Å². The van der Waals surface area contributed by atoms with Crippen LogP contribution in [0.2, 0.25) is 10.0 Å². The van der Waals surface area contributed by atoms with E-state index in [1.807, 2.05) is 6.07 Å². The molecule has 1 unspecified atom stereocenters. The van der Waals surface area contributed by atoms with E-state index in [0.717, 1.165) is 5.56 Å². The number of hydrogen-bond acceptors (Lipinski definition) is 5. The number of amides is 1. The van der Waals surface area contributed by atoms with Crippen molar-refractivity contribution in [2.24, 2.45) is 4.99 Å². The Hall–Kier alpha value is -1.55. The number of guanidine groups is 1. The number of anilines is 1. The molecule has 0 saturated heterocycles. The molecule has 0 saturated carbocycles. The summed E-state index contributed by atoms with van der Waals surface area (Å²) in [5, 5.41) is 6.66. The number of nitrogens with one attached hydrogen (secondary N) is 4. The highest BCUT2D eigenvalue weighted by Crippen LogP contribution is 2.37.